The summed E-state index contributed by atoms with van der Waals surface area (Å²) in [7, 11) is 0. The van der Waals surface area contributed by atoms with Gasteiger partial charge in [0, 0.05) is 12.6 Å². The molecule has 6 nitrogen and oxygen atoms in total. The van der Waals surface area contributed by atoms with Gasteiger partial charge in [0.2, 0.25) is 11.8 Å². The number of nitrogens with one attached hydrogen (secondary N) is 1. The highest BCUT2D eigenvalue weighted by atomic mass is 19.4. The molecule has 140 valence electrons. The number of nitrogens with zero attached hydrogens (tertiary/aromatic N) is 3. The van der Waals surface area contributed by atoms with Crippen LogP contribution in [0.15, 0.2) is 36.4 Å². The van der Waals surface area contributed by atoms with Crippen LogP contribution in [0.3, 0.4) is 0 Å². The minimum Gasteiger partial charge on any atom is -0.469 e. The number of amides is 1. The van der Waals surface area contributed by atoms with Crippen LogP contribution >= 0.6 is 0 Å². The lowest BCUT2D eigenvalue weighted by Gasteiger charge is -2.35. The van der Waals surface area contributed by atoms with Crippen LogP contribution in [0.5, 0.6) is 5.88 Å². The summed E-state index contributed by atoms with van der Waals surface area (Å²) in [5, 5.41) is 11.7. The second kappa shape index (κ2) is 7.15. The Morgan fingerprint density at radius 3 is 2.63 bits per heavy atom. The molecule has 1 aliphatic heterocycles. The molecule has 2 heterocycles. The predicted molar refractivity (Wildman–Crippen MR) is 90.5 cm³/mol. The van der Waals surface area contributed by atoms with Crippen molar-refractivity contribution in [1.82, 2.24) is 10.3 Å². The Labute approximate surface area is 153 Å². The van der Waals surface area contributed by atoms with Crippen molar-refractivity contribution in [3.63, 3.8) is 0 Å². The summed E-state index contributed by atoms with van der Waals surface area (Å²) in [6.45, 7) is 1.87. The molecule has 9 heteroatoms. The van der Waals surface area contributed by atoms with Crippen molar-refractivity contribution < 1.29 is 22.7 Å². The van der Waals surface area contributed by atoms with E-state index in [1.165, 1.54) is 25.1 Å². The summed E-state index contributed by atoms with van der Waals surface area (Å²) >= 11 is 0. The third-order valence-corrected chi connectivity index (χ3v) is 4.00. The number of fused-ring (bicyclic) bond motifs is 1. The van der Waals surface area contributed by atoms with Gasteiger partial charge in [0.15, 0.2) is 0 Å². The van der Waals surface area contributed by atoms with Crippen LogP contribution in [-0.2, 0) is 11.0 Å². The lowest BCUT2D eigenvalue weighted by Crippen LogP contribution is -2.44. The van der Waals surface area contributed by atoms with Crippen LogP contribution in [-0.4, -0.2) is 30.1 Å². The Kier molecular flexibility index (Phi) is 4.90. The van der Waals surface area contributed by atoms with Crippen LogP contribution in [0.25, 0.3) is 0 Å². The molecular weight excluding hydrogens is 361 g/mol. The van der Waals surface area contributed by atoms with E-state index in [4.69, 9.17) is 10.00 Å². The van der Waals surface area contributed by atoms with Crippen molar-refractivity contribution in [2.75, 3.05) is 18.0 Å². The number of pyridine rings is 1. The third kappa shape index (κ3) is 4.11. The van der Waals surface area contributed by atoms with Gasteiger partial charge in [0.1, 0.15) is 23.6 Å². The highest BCUT2D eigenvalue weighted by molar-refractivity contribution is 5.73. The number of benzene rings is 1. The smallest absolute Gasteiger partial charge is 0.416 e. The normalized spacial score (nSPS) is 16.1. The molecule has 0 fully saturated rings. The zero-order valence-electron chi connectivity index (χ0n) is 14.2. The summed E-state index contributed by atoms with van der Waals surface area (Å²) in [6, 6.07) is 9.80. The van der Waals surface area contributed by atoms with Crippen molar-refractivity contribution in [3.05, 3.63) is 47.7 Å². The van der Waals surface area contributed by atoms with E-state index in [0.717, 1.165) is 12.1 Å². The van der Waals surface area contributed by atoms with Crippen molar-refractivity contribution >= 4 is 17.3 Å². The number of ether oxygens (including phenoxy) is 1. The summed E-state index contributed by atoms with van der Waals surface area (Å²) in [6.07, 6.45) is -4.90. The maximum Gasteiger partial charge on any atom is 0.416 e. The molecule has 2 aromatic rings. The molecule has 1 atom stereocenters. The Morgan fingerprint density at radius 2 is 2.04 bits per heavy atom. The number of anilines is 2. The Bertz CT molecular complexity index is 891. The first-order valence-electron chi connectivity index (χ1n) is 8.05. The second-order valence-corrected chi connectivity index (χ2v) is 5.96. The number of alkyl halides is 3. The third-order valence-electron chi connectivity index (χ3n) is 4.00. The fourth-order valence-corrected chi connectivity index (χ4v) is 2.72. The molecule has 1 aliphatic rings. The van der Waals surface area contributed by atoms with E-state index >= 15 is 0 Å². The van der Waals surface area contributed by atoms with Gasteiger partial charge >= 0.3 is 6.18 Å². The van der Waals surface area contributed by atoms with E-state index < -0.39 is 17.8 Å². The highest BCUT2D eigenvalue weighted by Gasteiger charge is 2.32. The average Bonchev–Trinajstić information content (AvgIpc) is 2.64. The summed E-state index contributed by atoms with van der Waals surface area (Å²) < 4.78 is 44.2. The minimum atomic E-state index is -4.42. The van der Waals surface area contributed by atoms with Crippen LogP contribution in [0.2, 0.25) is 0 Å². The molecule has 0 radical (unpaired) electrons. The Morgan fingerprint density at radius 1 is 1.33 bits per heavy atom. The monoisotopic (exact) mass is 376 g/mol. The molecule has 1 unspecified atom stereocenters. The van der Waals surface area contributed by atoms with Crippen molar-refractivity contribution in [3.8, 4) is 11.9 Å². The van der Waals surface area contributed by atoms with Crippen molar-refractivity contribution in [2.24, 2.45) is 0 Å². The van der Waals surface area contributed by atoms with Gasteiger partial charge < -0.3 is 15.0 Å². The van der Waals surface area contributed by atoms with Gasteiger partial charge in [-0.15, -0.1) is 0 Å². The van der Waals surface area contributed by atoms with Crippen molar-refractivity contribution in [2.45, 2.75) is 19.2 Å². The van der Waals surface area contributed by atoms with Gasteiger partial charge in [-0.1, -0.05) is 0 Å². The second-order valence-electron chi connectivity index (χ2n) is 5.96. The zero-order chi connectivity index (χ0) is 19.6. The molecule has 0 bridgehead atoms. The van der Waals surface area contributed by atoms with E-state index in [-0.39, 0.29) is 24.0 Å². The zero-order valence-corrected chi connectivity index (χ0v) is 14.2. The Hall–Kier alpha value is -3.28. The number of hydrogen-bond donors (Lipinski definition) is 1. The van der Waals surface area contributed by atoms with E-state index in [1.54, 1.807) is 11.0 Å². The minimum absolute atomic E-state index is 0.154. The van der Waals surface area contributed by atoms with Crippen molar-refractivity contribution in [1.29, 1.82) is 5.26 Å². The maximum absolute atomic E-state index is 12.8. The van der Waals surface area contributed by atoms with E-state index in [0.29, 0.717) is 17.9 Å². The van der Waals surface area contributed by atoms with Gasteiger partial charge in [-0.25, -0.2) is 4.98 Å². The number of hydrogen-bond acceptors (Lipinski definition) is 5. The van der Waals surface area contributed by atoms with Gasteiger partial charge in [-0.2, -0.15) is 18.4 Å². The van der Waals surface area contributed by atoms with Crippen LogP contribution in [0, 0.1) is 11.3 Å². The number of nitriles is 1. The van der Waals surface area contributed by atoms with Gasteiger partial charge in [-0.05, 0) is 36.4 Å². The van der Waals surface area contributed by atoms with E-state index in [9.17, 15) is 18.0 Å². The number of carbonyl (C=O) groups is 1. The molecule has 1 aromatic heterocycles. The SMILES string of the molecule is CC(=O)NCC1CN(c2ccc(C(F)(F)F)cc2)c2ccc(C#N)nc2O1. The number of carbonyl (C=O) groups excluding carboxylic acids is 1. The Balaban J connectivity index is 1.95. The maximum atomic E-state index is 12.8. The molecule has 0 saturated heterocycles. The summed E-state index contributed by atoms with van der Waals surface area (Å²) in [5.41, 5.74) is 0.466. The molecule has 3 rings (SSSR count). The molecule has 1 amide bonds. The number of rotatable bonds is 3. The molecule has 27 heavy (non-hydrogen) atoms. The topological polar surface area (TPSA) is 78.3 Å². The first kappa shape index (κ1) is 18.5. The summed E-state index contributed by atoms with van der Waals surface area (Å²) in [5.74, 6) is -0.0419. The molecule has 0 saturated carbocycles. The molecule has 1 aromatic carbocycles. The van der Waals surface area contributed by atoms with Gasteiger partial charge in [0.05, 0.1) is 18.7 Å². The van der Waals surface area contributed by atoms with E-state index in [2.05, 4.69) is 10.3 Å². The number of aromatic nitrogens is 1. The summed E-state index contributed by atoms with van der Waals surface area (Å²) in [4.78, 5) is 17.0. The first-order chi connectivity index (χ1) is 12.8. The van der Waals surface area contributed by atoms with Crippen LogP contribution in [0.4, 0.5) is 24.5 Å². The highest BCUT2D eigenvalue weighted by Crippen LogP contribution is 2.38. The molecular formula is C18H15F3N4O2. The standard InChI is InChI=1S/C18H15F3N4O2/c1-11(26)23-9-15-10-25(14-5-2-12(3-6-14)18(19,20)21)16-7-4-13(8-22)24-17(16)27-15/h2-7,15H,9-10H2,1H3,(H,23,26). The molecule has 0 aliphatic carbocycles. The lowest BCUT2D eigenvalue weighted by atomic mass is 10.1. The molecule has 0 spiro atoms. The first-order valence-corrected chi connectivity index (χ1v) is 8.05. The van der Waals surface area contributed by atoms with Crippen LogP contribution < -0.4 is 15.0 Å². The predicted octanol–water partition coefficient (Wildman–Crippen LogP) is 3.01. The van der Waals surface area contributed by atoms with Gasteiger partial charge in [-0.3, -0.25) is 4.79 Å². The largest absolute Gasteiger partial charge is 0.469 e. The van der Waals surface area contributed by atoms with Crippen LogP contribution in [0.1, 0.15) is 18.2 Å². The quantitative estimate of drug-likeness (QED) is 0.891. The fraction of sp³-hybridized carbons (Fsp3) is 0.278. The average molecular weight is 376 g/mol. The number of halogens is 3. The lowest BCUT2D eigenvalue weighted by molar-refractivity contribution is -0.137. The molecule has 1 N–H and O–H groups in total. The fourth-order valence-electron chi connectivity index (χ4n) is 2.72. The van der Waals surface area contributed by atoms with Gasteiger partial charge in [0.25, 0.3) is 0 Å². The van der Waals surface area contributed by atoms with E-state index in [1.807, 2.05) is 6.07 Å².